The lowest BCUT2D eigenvalue weighted by Gasteiger charge is -2.24. The van der Waals surface area contributed by atoms with Gasteiger partial charge in [-0.25, -0.2) is 4.79 Å². The van der Waals surface area contributed by atoms with Crippen LogP contribution in [0.2, 0.25) is 0 Å². The number of alkyl carbamates (subject to hydrolysis) is 1. The van der Waals surface area contributed by atoms with E-state index < -0.39 is 18.0 Å². The topological polar surface area (TPSA) is 95.9 Å². The lowest BCUT2D eigenvalue weighted by atomic mass is 9.98. The van der Waals surface area contributed by atoms with Gasteiger partial charge >= 0.3 is 12.1 Å². The zero-order valence-corrected chi connectivity index (χ0v) is 19.4. The average molecular weight is 453 g/mol. The van der Waals surface area contributed by atoms with Crippen LogP contribution in [0, 0.1) is 11.8 Å². The second-order valence-corrected chi connectivity index (χ2v) is 8.69. The van der Waals surface area contributed by atoms with E-state index in [0.29, 0.717) is 13.1 Å². The number of benzene rings is 2. The maximum Gasteiger partial charge on any atom is 0.407 e. The molecule has 7 nitrogen and oxygen atoms in total. The standard InChI is InChI=1S/C26H32N2O5/c1-4-28(15-18(3)25(30)31)24(29)13-17(2)14-27-26(32)33-16-23-21-11-7-5-9-19(21)20-10-6-8-12-22(20)23/h5-12,17-18,23H,4,13-16H2,1-3H3,(H,27,32)(H,30,31). The van der Waals surface area contributed by atoms with Gasteiger partial charge in [0.1, 0.15) is 6.61 Å². The normalized spacial score (nSPS) is 14.0. The van der Waals surface area contributed by atoms with E-state index in [4.69, 9.17) is 9.84 Å². The Labute approximate surface area is 194 Å². The van der Waals surface area contributed by atoms with Gasteiger partial charge in [-0.1, -0.05) is 62.4 Å². The first-order valence-electron chi connectivity index (χ1n) is 11.4. The molecule has 3 rings (SSSR count). The third-order valence-corrected chi connectivity index (χ3v) is 6.11. The highest BCUT2D eigenvalue weighted by atomic mass is 16.5. The third-order valence-electron chi connectivity index (χ3n) is 6.11. The monoisotopic (exact) mass is 452 g/mol. The fourth-order valence-electron chi connectivity index (χ4n) is 4.22. The first-order valence-corrected chi connectivity index (χ1v) is 11.4. The molecule has 2 unspecified atom stereocenters. The number of nitrogens with zero attached hydrogens (tertiary/aromatic N) is 1. The van der Waals surface area contributed by atoms with E-state index >= 15 is 0 Å². The van der Waals surface area contributed by atoms with Crippen molar-refractivity contribution in [2.24, 2.45) is 11.8 Å². The molecule has 2 atom stereocenters. The van der Waals surface area contributed by atoms with Crippen molar-refractivity contribution < 1.29 is 24.2 Å². The average Bonchev–Trinajstić information content (AvgIpc) is 3.13. The Balaban J connectivity index is 1.48. The molecule has 0 spiro atoms. The maximum absolute atomic E-state index is 12.5. The highest BCUT2D eigenvalue weighted by molar-refractivity contribution is 5.79. The summed E-state index contributed by atoms with van der Waals surface area (Å²) in [7, 11) is 0. The van der Waals surface area contributed by atoms with Gasteiger partial charge in [0, 0.05) is 32.0 Å². The van der Waals surface area contributed by atoms with Gasteiger partial charge in [0.15, 0.2) is 0 Å². The molecule has 0 saturated heterocycles. The largest absolute Gasteiger partial charge is 0.481 e. The van der Waals surface area contributed by atoms with Crippen molar-refractivity contribution in [3.05, 3.63) is 59.7 Å². The fourth-order valence-corrected chi connectivity index (χ4v) is 4.22. The second kappa shape index (κ2) is 11.0. The lowest BCUT2D eigenvalue weighted by molar-refractivity contribution is -0.143. The van der Waals surface area contributed by atoms with Crippen LogP contribution in [0.25, 0.3) is 11.1 Å². The Bertz CT molecular complexity index is 960. The zero-order valence-electron chi connectivity index (χ0n) is 19.4. The minimum Gasteiger partial charge on any atom is -0.481 e. The summed E-state index contributed by atoms with van der Waals surface area (Å²) in [5.41, 5.74) is 4.65. The van der Waals surface area contributed by atoms with Gasteiger partial charge in [-0.05, 0) is 35.1 Å². The summed E-state index contributed by atoms with van der Waals surface area (Å²) in [6.07, 6.45) is -0.285. The van der Waals surface area contributed by atoms with E-state index in [-0.39, 0.29) is 37.3 Å². The predicted octanol–water partition coefficient (Wildman–Crippen LogP) is 4.12. The van der Waals surface area contributed by atoms with Gasteiger partial charge in [-0.15, -0.1) is 0 Å². The van der Waals surface area contributed by atoms with Crippen LogP contribution >= 0.6 is 0 Å². The van der Waals surface area contributed by atoms with E-state index in [9.17, 15) is 14.4 Å². The summed E-state index contributed by atoms with van der Waals surface area (Å²) in [6, 6.07) is 16.3. The Hall–Kier alpha value is -3.35. The summed E-state index contributed by atoms with van der Waals surface area (Å²) in [5, 5.41) is 11.8. The number of carbonyl (C=O) groups excluding carboxylic acids is 2. The smallest absolute Gasteiger partial charge is 0.407 e. The van der Waals surface area contributed by atoms with Gasteiger partial charge < -0.3 is 20.1 Å². The SMILES string of the molecule is CCN(CC(C)C(=O)O)C(=O)CC(C)CNC(=O)OCC1c2ccccc2-c2ccccc21. The first kappa shape index (κ1) is 24.3. The molecule has 176 valence electrons. The third kappa shape index (κ3) is 5.92. The van der Waals surface area contributed by atoms with E-state index in [1.54, 1.807) is 11.8 Å². The number of amides is 2. The van der Waals surface area contributed by atoms with Crippen molar-refractivity contribution >= 4 is 18.0 Å². The fraction of sp³-hybridized carbons (Fsp3) is 0.423. The molecule has 0 radical (unpaired) electrons. The van der Waals surface area contributed by atoms with E-state index in [1.807, 2.05) is 38.1 Å². The molecule has 2 aromatic rings. The molecule has 2 aromatic carbocycles. The summed E-state index contributed by atoms with van der Waals surface area (Å²) in [6.45, 7) is 6.45. The van der Waals surface area contributed by atoms with Crippen molar-refractivity contribution in [1.82, 2.24) is 10.2 Å². The predicted molar refractivity (Wildman–Crippen MR) is 126 cm³/mol. The summed E-state index contributed by atoms with van der Waals surface area (Å²) < 4.78 is 5.53. The highest BCUT2D eigenvalue weighted by Gasteiger charge is 2.29. The van der Waals surface area contributed by atoms with Crippen LogP contribution < -0.4 is 5.32 Å². The van der Waals surface area contributed by atoms with Crippen molar-refractivity contribution in [2.75, 3.05) is 26.2 Å². The van der Waals surface area contributed by atoms with Crippen LogP contribution in [0.15, 0.2) is 48.5 Å². The van der Waals surface area contributed by atoms with Crippen LogP contribution in [0.1, 0.15) is 44.2 Å². The number of rotatable bonds is 10. The quantitative estimate of drug-likeness (QED) is 0.565. The van der Waals surface area contributed by atoms with Crippen molar-refractivity contribution in [2.45, 2.75) is 33.1 Å². The van der Waals surface area contributed by atoms with Crippen LogP contribution in [0.4, 0.5) is 4.79 Å². The molecule has 0 saturated carbocycles. The van der Waals surface area contributed by atoms with E-state index in [0.717, 1.165) is 11.1 Å². The van der Waals surface area contributed by atoms with E-state index in [1.165, 1.54) is 11.1 Å². The molecule has 0 bridgehead atoms. The number of fused-ring (bicyclic) bond motifs is 3. The molecule has 1 aliphatic rings. The molecule has 0 fully saturated rings. The molecule has 0 aliphatic heterocycles. The second-order valence-electron chi connectivity index (χ2n) is 8.69. The summed E-state index contributed by atoms with van der Waals surface area (Å²) in [4.78, 5) is 37.5. The Morgan fingerprint density at radius 3 is 2.15 bits per heavy atom. The Kier molecular flexibility index (Phi) is 8.09. The minimum absolute atomic E-state index is 0.00325. The Morgan fingerprint density at radius 1 is 1.03 bits per heavy atom. The van der Waals surface area contributed by atoms with Crippen LogP contribution in [0.3, 0.4) is 0 Å². The number of hydrogen-bond acceptors (Lipinski definition) is 4. The molecule has 2 N–H and O–H groups in total. The molecule has 1 aliphatic carbocycles. The molecule has 7 heteroatoms. The number of carbonyl (C=O) groups is 3. The maximum atomic E-state index is 12.5. The molecule has 33 heavy (non-hydrogen) atoms. The number of aliphatic carboxylic acids is 1. The lowest BCUT2D eigenvalue weighted by Crippen LogP contribution is -2.38. The number of carboxylic acid groups (broad SMARTS) is 1. The summed E-state index contributed by atoms with van der Waals surface area (Å²) in [5.74, 6) is -1.77. The molecule has 0 heterocycles. The number of hydrogen-bond donors (Lipinski definition) is 2. The minimum atomic E-state index is -0.925. The first-order chi connectivity index (χ1) is 15.8. The highest BCUT2D eigenvalue weighted by Crippen LogP contribution is 2.44. The van der Waals surface area contributed by atoms with Gasteiger partial charge in [-0.3, -0.25) is 9.59 Å². The van der Waals surface area contributed by atoms with Gasteiger partial charge in [0.2, 0.25) is 5.91 Å². The van der Waals surface area contributed by atoms with Gasteiger partial charge in [-0.2, -0.15) is 0 Å². The number of nitrogens with one attached hydrogen (secondary N) is 1. The Morgan fingerprint density at radius 2 is 1.61 bits per heavy atom. The van der Waals surface area contributed by atoms with Crippen molar-refractivity contribution in [3.63, 3.8) is 0 Å². The van der Waals surface area contributed by atoms with Crippen LogP contribution in [-0.4, -0.2) is 54.2 Å². The van der Waals surface area contributed by atoms with Crippen molar-refractivity contribution in [3.8, 4) is 11.1 Å². The number of ether oxygens (including phenoxy) is 1. The van der Waals surface area contributed by atoms with Crippen LogP contribution in [0.5, 0.6) is 0 Å². The van der Waals surface area contributed by atoms with Gasteiger partial charge in [0.25, 0.3) is 0 Å². The molecule has 0 aromatic heterocycles. The van der Waals surface area contributed by atoms with Crippen molar-refractivity contribution in [1.29, 1.82) is 0 Å². The molecule has 2 amide bonds. The van der Waals surface area contributed by atoms with Gasteiger partial charge in [0.05, 0.1) is 5.92 Å². The van der Waals surface area contributed by atoms with Crippen LogP contribution in [-0.2, 0) is 14.3 Å². The molecular formula is C26H32N2O5. The van der Waals surface area contributed by atoms with E-state index in [2.05, 4.69) is 29.6 Å². The summed E-state index contributed by atoms with van der Waals surface area (Å²) >= 11 is 0. The molecular weight excluding hydrogens is 420 g/mol. The zero-order chi connectivity index (χ0) is 24.0. The number of carboxylic acids is 1.